The summed E-state index contributed by atoms with van der Waals surface area (Å²) in [5.41, 5.74) is -1.32. The first-order valence-corrected chi connectivity index (χ1v) is 5.46. The molecule has 9 heteroatoms. The molecule has 18 heavy (non-hydrogen) atoms. The number of nitrogens with zero attached hydrogens (tertiary/aromatic N) is 1. The Morgan fingerprint density at radius 1 is 1.56 bits per heavy atom. The van der Waals surface area contributed by atoms with Crippen LogP contribution in [0.15, 0.2) is 15.8 Å². The van der Waals surface area contributed by atoms with Crippen molar-refractivity contribution < 1.29 is 20.0 Å². The van der Waals surface area contributed by atoms with Crippen molar-refractivity contribution in [2.75, 3.05) is 6.61 Å². The summed E-state index contributed by atoms with van der Waals surface area (Å²) in [5.74, 6) is 0. The van der Waals surface area contributed by atoms with E-state index in [0.717, 1.165) is 4.57 Å². The number of hydrogen-bond acceptors (Lipinski definition) is 6. The molecule has 1 aliphatic rings. The van der Waals surface area contributed by atoms with Crippen molar-refractivity contribution in [3.05, 3.63) is 27.0 Å². The van der Waals surface area contributed by atoms with Gasteiger partial charge in [0.05, 0.1) is 12.7 Å². The van der Waals surface area contributed by atoms with Crippen molar-refractivity contribution in [1.82, 2.24) is 9.55 Å². The van der Waals surface area contributed by atoms with Crippen LogP contribution in [-0.2, 0) is 4.74 Å². The molecular formula is C9H13BN2O6. The van der Waals surface area contributed by atoms with E-state index < -0.39 is 37.2 Å². The Kier molecular flexibility index (Phi) is 3.67. The molecule has 1 saturated heterocycles. The molecule has 0 aromatic carbocycles. The lowest BCUT2D eigenvalue weighted by Gasteiger charge is -2.14. The fourth-order valence-corrected chi connectivity index (χ4v) is 1.90. The maximum Gasteiger partial charge on any atom is 0.330 e. The lowest BCUT2D eigenvalue weighted by Crippen LogP contribution is -2.43. The van der Waals surface area contributed by atoms with Gasteiger partial charge in [-0.15, -0.1) is 0 Å². The fraction of sp³-hybridized carbons (Fsp3) is 0.556. The van der Waals surface area contributed by atoms with Crippen LogP contribution >= 0.6 is 0 Å². The molecule has 98 valence electrons. The summed E-state index contributed by atoms with van der Waals surface area (Å²) >= 11 is 0. The van der Waals surface area contributed by atoms with Gasteiger partial charge >= 0.3 is 13.2 Å². The van der Waals surface area contributed by atoms with Crippen LogP contribution in [0, 0.1) is 0 Å². The maximum absolute atomic E-state index is 11.6. The lowest BCUT2D eigenvalue weighted by molar-refractivity contribution is -0.0458. The highest BCUT2D eigenvalue weighted by Gasteiger charge is 2.35. The monoisotopic (exact) mass is 256 g/mol. The van der Waals surface area contributed by atoms with Crippen LogP contribution in [0.3, 0.4) is 0 Å². The van der Waals surface area contributed by atoms with E-state index in [4.69, 9.17) is 14.9 Å². The van der Waals surface area contributed by atoms with Crippen LogP contribution in [0.1, 0.15) is 12.6 Å². The lowest BCUT2D eigenvalue weighted by atomic mass is 9.92. The normalized spacial score (nSPS) is 27.4. The summed E-state index contributed by atoms with van der Waals surface area (Å²) in [6, 6.07) is 0. The van der Waals surface area contributed by atoms with Gasteiger partial charge in [-0.25, -0.2) is 4.79 Å². The topological polar surface area (TPSA) is 125 Å². The third-order valence-corrected chi connectivity index (χ3v) is 2.91. The molecule has 2 heterocycles. The first-order chi connectivity index (χ1) is 8.56. The Balaban J connectivity index is 2.35. The van der Waals surface area contributed by atoms with Gasteiger partial charge < -0.3 is 20.0 Å². The molecule has 0 radical (unpaired) electrons. The van der Waals surface area contributed by atoms with Gasteiger partial charge in [0, 0.05) is 18.1 Å². The average molecular weight is 256 g/mol. The number of aliphatic hydroxyl groups is 2. The Morgan fingerprint density at radius 2 is 2.28 bits per heavy atom. The molecule has 1 aromatic rings. The molecule has 1 unspecified atom stereocenters. The highest BCUT2D eigenvalue weighted by molar-refractivity contribution is 6.45. The van der Waals surface area contributed by atoms with Crippen molar-refractivity contribution in [3.8, 4) is 0 Å². The zero-order valence-corrected chi connectivity index (χ0v) is 9.44. The molecule has 0 spiro atoms. The molecule has 2 rings (SSSR count). The van der Waals surface area contributed by atoms with E-state index in [9.17, 15) is 14.7 Å². The summed E-state index contributed by atoms with van der Waals surface area (Å²) in [5, 5.41) is 27.5. The van der Waals surface area contributed by atoms with Gasteiger partial charge in [-0.3, -0.25) is 14.3 Å². The molecule has 0 saturated carbocycles. The van der Waals surface area contributed by atoms with E-state index in [-0.39, 0.29) is 18.5 Å². The number of aromatic nitrogens is 2. The van der Waals surface area contributed by atoms with E-state index in [1.165, 1.54) is 6.20 Å². The fourth-order valence-electron chi connectivity index (χ4n) is 1.90. The van der Waals surface area contributed by atoms with Crippen molar-refractivity contribution in [2.45, 2.75) is 24.9 Å². The molecule has 0 amide bonds. The van der Waals surface area contributed by atoms with Gasteiger partial charge in [-0.1, -0.05) is 0 Å². The largest absolute Gasteiger partial charge is 0.449 e. The highest BCUT2D eigenvalue weighted by Crippen LogP contribution is 2.26. The molecule has 1 aromatic heterocycles. The first-order valence-electron chi connectivity index (χ1n) is 5.46. The molecule has 3 atom stereocenters. The quantitative estimate of drug-likeness (QED) is 0.410. The van der Waals surface area contributed by atoms with Crippen LogP contribution in [0.2, 0.25) is 0 Å². The number of hydrogen-bond donors (Lipinski definition) is 4. The maximum atomic E-state index is 11.6. The van der Waals surface area contributed by atoms with Crippen LogP contribution in [0.4, 0.5) is 0 Å². The minimum Gasteiger partial charge on any atom is -0.449 e. The number of aliphatic hydroxyl groups excluding tert-OH is 2. The van der Waals surface area contributed by atoms with Gasteiger partial charge in [-0.2, -0.15) is 0 Å². The molecular weight excluding hydrogens is 243 g/mol. The molecule has 0 aliphatic carbocycles. The molecule has 1 fully saturated rings. The van der Waals surface area contributed by atoms with E-state index in [0.29, 0.717) is 0 Å². The van der Waals surface area contributed by atoms with Crippen molar-refractivity contribution >= 4 is 12.9 Å². The zero-order valence-electron chi connectivity index (χ0n) is 9.44. The smallest absolute Gasteiger partial charge is 0.330 e. The Bertz CT molecular complexity index is 541. The number of rotatable bonds is 3. The number of ether oxygens (including phenoxy) is 1. The third kappa shape index (κ3) is 2.25. The summed E-state index contributed by atoms with van der Waals surface area (Å²) in [7, 11) is -0.506. The molecule has 8 nitrogen and oxygen atoms in total. The molecule has 1 aliphatic heterocycles. The minimum absolute atomic E-state index is 0.0279. The summed E-state index contributed by atoms with van der Waals surface area (Å²) in [6.45, 7) is -0.359. The third-order valence-electron chi connectivity index (χ3n) is 2.91. The van der Waals surface area contributed by atoms with Crippen LogP contribution in [0.25, 0.3) is 0 Å². The highest BCUT2D eigenvalue weighted by atomic mass is 16.5. The van der Waals surface area contributed by atoms with E-state index in [2.05, 4.69) is 4.98 Å². The minimum atomic E-state index is -0.878. The first kappa shape index (κ1) is 13.0. The summed E-state index contributed by atoms with van der Waals surface area (Å²) in [4.78, 5) is 24.9. The second-order valence-corrected chi connectivity index (χ2v) is 4.09. The van der Waals surface area contributed by atoms with Crippen molar-refractivity contribution in [1.29, 1.82) is 0 Å². The molecule has 4 N–H and O–H groups in total. The number of H-pyrrole nitrogens is 1. The van der Waals surface area contributed by atoms with Crippen molar-refractivity contribution in [3.63, 3.8) is 0 Å². The Morgan fingerprint density at radius 3 is 2.83 bits per heavy atom. The van der Waals surface area contributed by atoms with E-state index in [1.54, 1.807) is 0 Å². The zero-order chi connectivity index (χ0) is 13.3. The summed E-state index contributed by atoms with van der Waals surface area (Å²) in [6.07, 6.45) is -1.09. The predicted octanol–water partition coefficient (Wildman–Crippen LogP) is -3.85. The van der Waals surface area contributed by atoms with Gasteiger partial charge in [0.2, 0.25) is 5.56 Å². The standard InChI is InChI=1S/C9H13BN2O6/c13-3-6-5(14)1-7(18-6)12-2-4(10-17)8(15)11-9(12)16/h2,5-7,10,13-14,17H,1,3H2,(H,11,15,16)/t5-,6?,7-/m1/s1. The number of aromatic amines is 1. The SMILES string of the molecule is O=c1[nH]c(=O)n([C@H]2C[C@@H](O)C(CO)O2)cc1BO. The van der Waals surface area contributed by atoms with Crippen LogP contribution in [0.5, 0.6) is 0 Å². The second kappa shape index (κ2) is 5.06. The van der Waals surface area contributed by atoms with E-state index >= 15 is 0 Å². The van der Waals surface area contributed by atoms with E-state index in [1.807, 2.05) is 0 Å². The van der Waals surface area contributed by atoms with Crippen LogP contribution < -0.4 is 16.7 Å². The number of nitrogens with one attached hydrogen (secondary N) is 1. The predicted molar refractivity (Wildman–Crippen MR) is 61.9 cm³/mol. The average Bonchev–Trinajstić information content (AvgIpc) is 2.70. The van der Waals surface area contributed by atoms with Crippen LogP contribution in [-0.4, -0.2) is 51.1 Å². The van der Waals surface area contributed by atoms with Gasteiger partial charge in [0.1, 0.15) is 12.3 Å². The summed E-state index contributed by atoms with van der Waals surface area (Å²) < 4.78 is 6.38. The van der Waals surface area contributed by atoms with Crippen molar-refractivity contribution in [2.24, 2.45) is 0 Å². The van der Waals surface area contributed by atoms with Gasteiger partial charge in [-0.05, 0) is 0 Å². The Hall–Kier alpha value is -1.42. The van der Waals surface area contributed by atoms with Gasteiger partial charge in [0.15, 0.2) is 0 Å². The Labute approximate surface area is 102 Å². The second-order valence-electron chi connectivity index (χ2n) is 4.09. The molecule has 0 bridgehead atoms. The van der Waals surface area contributed by atoms with Gasteiger partial charge in [0.25, 0.3) is 0 Å².